The van der Waals surface area contributed by atoms with Gasteiger partial charge in [-0.05, 0) is 18.6 Å². The van der Waals surface area contributed by atoms with E-state index in [1.165, 1.54) is 0 Å². The van der Waals surface area contributed by atoms with E-state index in [2.05, 4.69) is 4.98 Å². The van der Waals surface area contributed by atoms with Gasteiger partial charge in [0, 0.05) is 12.6 Å². The molecule has 1 aliphatic rings. The molecule has 0 spiro atoms. The van der Waals surface area contributed by atoms with E-state index in [1.807, 2.05) is 13.0 Å². The molecule has 1 aromatic heterocycles. The minimum Gasteiger partial charge on any atom is -0.491 e. The number of aromatic nitrogens is 1. The first-order chi connectivity index (χ1) is 5.79. The fourth-order valence-corrected chi connectivity index (χ4v) is 1.44. The van der Waals surface area contributed by atoms with Gasteiger partial charge in [0.05, 0.1) is 18.3 Å². The third-order valence-corrected chi connectivity index (χ3v) is 2.16. The average molecular weight is 164 g/mol. The average Bonchev–Trinajstić information content (AvgIpc) is 2.07. The second-order valence-corrected chi connectivity index (χ2v) is 3.09. The molecule has 12 heavy (non-hydrogen) atoms. The van der Waals surface area contributed by atoms with Gasteiger partial charge in [0.2, 0.25) is 0 Å². The number of hydrogen-bond donors (Lipinski definition) is 1. The van der Waals surface area contributed by atoms with Crippen LogP contribution in [0.5, 0.6) is 5.75 Å². The first kappa shape index (κ1) is 7.55. The molecule has 0 radical (unpaired) electrons. The first-order valence-electron chi connectivity index (χ1n) is 4.13. The van der Waals surface area contributed by atoms with Gasteiger partial charge in [0.25, 0.3) is 0 Å². The van der Waals surface area contributed by atoms with E-state index in [0.29, 0.717) is 6.61 Å². The topological polar surface area (TPSA) is 48.1 Å². The predicted octanol–water partition coefficient (Wildman–Crippen LogP) is 1.17. The Morgan fingerprint density at radius 3 is 3.25 bits per heavy atom. The summed E-state index contributed by atoms with van der Waals surface area (Å²) in [6.07, 6.45) is 2.64. The Balaban J connectivity index is 2.52. The van der Waals surface area contributed by atoms with Gasteiger partial charge in [-0.1, -0.05) is 0 Å². The minimum absolute atomic E-state index is 0.0497. The summed E-state index contributed by atoms with van der Waals surface area (Å²) in [6.45, 7) is 2.72. The summed E-state index contributed by atoms with van der Waals surface area (Å²) < 4.78 is 5.48. The number of rotatable bonds is 0. The number of fused-ring (bicyclic) bond motifs is 1. The van der Waals surface area contributed by atoms with Crippen molar-refractivity contribution in [1.29, 1.82) is 0 Å². The molecule has 1 aromatic rings. The van der Waals surface area contributed by atoms with Crippen LogP contribution in [0.2, 0.25) is 0 Å². The predicted molar refractivity (Wildman–Crippen MR) is 46.0 cm³/mol. The molecule has 0 amide bonds. The van der Waals surface area contributed by atoms with Gasteiger partial charge in [-0.25, -0.2) is 0 Å². The van der Waals surface area contributed by atoms with Crippen molar-refractivity contribution in [2.24, 2.45) is 5.73 Å². The lowest BCUT2D eigenvalue weighted by Gasteiger charge is -2.22. The summed E-state index contributed by atoms with van der Waals surface area (Å²) in [6, 6.07) is 1.99. The van der Waals surface area contributed by atoms with E-state index < -0.39 is 0 Å². The molecule has 64 valence electrons. The first-order valence-corrected chi connectivity index (χ1v) is 4.13. The summed E-state index contributed by atoms with van der Waals surface area (Å²) in [5, 5.41) is 0. The van der Waals surface area contributed by atoms with E-state index >= 15 is 0 Å². The lowest BCUT2D eigenvalue weighted by Crippen LogP contribution is -2.22. The van der Waals surface area contributed by atoms with Crippen molar-refractivity contribution in [2.75, 3.05) is 6.61 Å². The quantitative estimate of drug-likeness (QED) is 0.626. The molecule has 0 aliphatic carbocycles. The van der Waals surface area contributed by atoms with Crippen LogP contribution < -0.4 is 10.5 Å². The maximum atomic E-state index is 5.87. The number of ether oxygens (including phenoxy) is 1. The van der Waals surface area contributed by atoms with Crippen molar-refractivity contribution in [3.8, 4) is 5.75 Å². The molecule has 0 fully saturated rings. The molecule has 0 bridgehead atoms. The molecule has 0 aromatic carbocycles. The van der Waals surface area contributed by atoms with E-state index in [9.17, 15) is 0 Å². The van der Waals surface area contributed by atoms with Crippen molar-refractivity contribution >= 4 is 0 Å². The van der Waals surface area contributed by atoms with Crippen molar-refractivity contribution in [3.05, 3.63) is 23.5 Å². The van der Waals surface area contributed by atoms with Crippen LogP contribution in [0, 0.1) is 6.92 Å². The second kappa shape index (κ2) is 2.75. The van der Waals surface area contributed by atoms with E-state index in [-0.39, 0.29) is 6.04 Å². The van der Waals surface area contributed by atoms with Crippen LogP contribution in [0.25, 0.3) is 0 Å². The van der Waals surface area contributed by atoms with Crippen LogP contribution in [0.15, 0.2) is 12.3 Å². The number of aryl methyl sites for hydroxylation is 1. The molecule has 3 nitrogen and oxygen atoms in total. The minimum atomic E-state index is 0.0497. The van der Waals surface area contributed by atoms with Gasteiger partial charge < -0.3 is 10.5 Å². The van der Waals surface area contributed by atoms with Crippen LogP contribution in [0.3, 0.4) is 0 Å². The molecular weight excluding hydrogens is 152 g/mol. The van der Waals surface area contributed by atoms with Crippen LogP contribution in [0.1, 0.15) is 23.7 Å². The maximum Gasteiger partial charge on any atom is 0.145 e. The van der Waals surface area contributed by atoms with Crippen molar-refractivity contribution in [3.63, 3.8) is 0 Å². The Morgan fingerprint density at radius 2 is 2.50 bits per heavy atom. The van der Waals surface area contributed by atoms with Gasteiger partial charge in [0.15, 0.2) is 0 Å². The molecule has 2 rings (SSSR count). The molecular formula is C9H12N2O. The summed E-state index contributed by atoms with van der Waals surface area (Å²) in [7, 11) is 0. The molecule has 2 heterocycles. The fraction of sp³-hybridized carbons (Fsp3) is 0.444. The van der Waals surface area contributed by atoms with Gasteiger partial charge in [-0.2, -0.15) is 0 Å². The summed E-state index contributed by atoms with van der Waals surface area (Å²) in [5.41, 5.74) is 7.90. The van der Waals surface area contributed by atoms with Crippen LogP contribution in [-0.4, -0.2) is 11.6 Å². The summed E-state index contributed by atoms with van der Waals surface area (Å²) in [4.78, 5) is 4.21. The highest BCUT2D eigenvalue weighted by Gasteiger charge is 2.20. The molecule has 0 saturated carbocycles. The molecule has 1 unspecified atom stereocenters. The summed E-state index contributed by atoms with van der Waals surface area (Å²) in [5.74, 6) is 0.885. The van der Waals surface area contributed by atoms with Gasteiger partial charge >= 0.3 is 0 Å². The highest BCUT2D eigenvalue weighted by Crippen LogP contribution is 2.30. The van der Waals surface area contributed by atoms with E-state index in [1.54, 1.807) is 6.20 Å². The molecule has 1 aliphatic heterocycles. The number of nitrogens with zero attached hydrogens (tertiary/aromatic N) is 1. The standard InChI is InChI=1S/C9H12N2O/c1-6-2-4-11-8-7(10)3-5-12-9(6)8/h2,4,7H,3,5,10H2,1H3. The number of pyridine rings is 1. The Morgan fingerprint density at radius 1 is 1.67 bits per heavy atom. The lowest BCUT2D eigenvalue weighted by molar-refractivity contribution is 0.263. The largest absolute Gasteiger partial charge is 0.491 e. The zero-order valence-electron chi connectivity index (χ0n) is 7.08. The third-order valence-electron chi connectivity index (χ3n) is 2.16. The highest BCUT2D eigenvalue weighted by atomic mass is 16.5. The monoisotopic (exact) mass is 164 g/mol. The normalized spacial score (nSPS) is 21.3. The third kappa shape index (κ3) is 1.06. The number of hydrogen-bond acceptors (Lipinski definition) is 3. The van der Waals surface area contributed by atoms with Crippen molar-refractivity contribution in [1.82, 2.24) is 4.98 Å². The SMILES string of the molecule is Cc1ccnc2c1OCCC2N. The van der Waals surface area contributed by atoms with Crippen LogP contribution >= 0.6 is 0 Å². The smallest absolute Gasteiger partial charge is 0.145 e. The zero-order chi connectivity index (χ0) is 8.55. The van der Waals surface area contributed by atoms with Crippen molar-refractivity contribution in [2.45, 2.75) is 19.4 Å². The molecule has 3 heteroatoms. The van der Waals surface area contributed by atoms with Gasteiger partial charge in [0.1, 0.15) is 5.75 Å². The Kier molecular flexibility index (Phi) is 1.73. The second-order valence-electron chi connectivity index (χ2n) is 3.09. The Labute approximate surface area is 71.6 Å². The van der Waals surface area contributed by atoms with Crippen LogP contribution in [0.4, 0.5) is 0 Å². The molecule has 0 saturated heterocycles. The Bertz CT molecular complexity index is 299. The van der Waals surface area contributed by atoms with Gasteiger partial charge in [-0.3, -0.25) is 4.98 Å². The van der Waals surface area contributed by atoms with E-state index in [0.717, 1.165) is 23.4 Å². The molecule has 1 atom stereocenters. The maximum absolute atomic E-state index is 5.87. The zero-order valence-corrected chi connectivity index (χ0v) is 7.08. The number of nitrogens with two attached hydrogens (primary N) is 1. The lowest BCUT2D eigenvalue weighted by atomic mass is 10.1. The highest BCUT2D eigenvalue weighted by molar-refractivity contribution is 5.38. The Hall–Kier alpha value is -1.09. The summed E-state index contributed by atoms with van der Waals surface area (Å²) >= 11 is 0. The molecule has 2 N–H and O–H groups in total. The fourth-order valence-electron chi connectivity index (χ4n) is 1.44. The van der Waals surface area contributed by atoms with Crippen LogP contribution in [-0.2, 0) is 0 Å². The van der Waals surface area contributed by atoms with Crippen molar-refractivity contribution < 1.29 is 4.74 Å². The van der Waals surface area contributed by atoms with E-state index in [4.69, 9.17) is 10.5 Å². The van der Waals surface area contributed by atoms with Gasteiger partial charge in [-0.15, -0.1) is 0 Å².